The second-order valence-electron chi connectivity index (χ2n) is 17.2. The molecular formula is C40H65FN2O5. The first-order chi connectivity index (χ1) is 22.7. The lowest BCUT2D eigenvalue weighted by Crippen LogP contribution is -2.46. The summed E-state index contributed by atoms with van der Waals surface area (Å²) in [5.41, 5.74) is 4.11. The third kappa shape index (κ3) is 9.64. The van der Waals surface area contributed by atoms with Gasteiger partial charge >= 0.3 is 5.97 Å². The van der Waals surface area contributed by atoms with Crippen molar-refractivity contribution in [2.75, 3.05) is 0 Å². The number of nitrogens with one attached hydrogen (secondary N) is 1. The molecule has 272 valence electrons. The number of amides is 1. The van der Waals surface area contributed by atoms with Crippen LogP contribution in [-0.2, 0) is 25.5 Å². The quantitative estimate of drug-likeness (QED) is 0.251. The van der Waals surface area contributed by atoms with Gasteiger partial charge in [-0.05, 0) is 116 Å². The molecule has 5 rings (SSSR count). The van der Waals surface area contributed by atoms with Crippen LogP contribution in [-0.4, -0.2) is 52.3 Å². The van der Waals surface area contributed by atoms with Gasteiger partial charge in [-0.1, -0.05) is 52.4 Å². The van der Waals surface area contributed by atoms with Crippen LogP contribution in [0.5, 0.6) is 0 Å². The summed E-state index contributed by atoms with van der Waals surface area (Å²) >= 11 is 0. The number of rotatable bonds is 10. The van der Waals surface area contributed by atoms with E-state index < -0.39 is 17.6 Å². The SMILES string of the molecule is CC(C)c1c(C(=O)NC2CCCCC2)c(C2CCCCC2)c(C2CCC(F)CC2)n1CC[C@@H]1C[C@H](CC(=O)OC(C)(C)C)OC(C)(C)O1. The van der Waals surface area contributed by atoms with E-state index in [4.69, 9.17) is 14.2 Å². The molecule has 48 heavy (non-hydrogen) atoms. The Morgan fingerprint density at radius 3 is 2.10 bits per heavy atom. The van der Waals surface area contributed by atoms with Crippen LogP contribution in [0.15, 0.2) is 0 Å². The first-order valence-corrected chi connectivity index (χ1v) is 19.5. The summed E-state index contributed by atoms with van der Waals surface area (Å²) in [7, 11) is 0. The Bertz CT molecular complexity index is 1230. The number of alkyl halides is 1. The molecule has 1 aromatic heterocycles. The number of carbonyl (C=O) groups excluding carboxylic acids is 2. The van der Waals surface area contributed by atoms with Crippen molar-refractivity contribution in [3.8, 4) is 0 Å². The van der Waals surface area contributed by atoms with Crippen LogP contribution < -0.4 is 5.32 Å². The van der Waals surface area contributed by atoms with E-state index in [0.29, 0.717) is 31.7 Å². The normalized spacial score (nSPS) is 27.6. The summed E-state index contributed by atoms with van der Waals surface area (Å²) in [5.74, 6) is -0.223. The number of nitrogens with zero attached hydrogens (tertiary/aromatic N) is 1. The highest BCUT2D eigenvalue weighted by molar-refractivity contribution is 5.98. The first-order valence-electron chi connectivity index (χ1n) is 19.5. The molecule has 0 unspecified atom stereocenters. The molecule has 3 saturated carbocycles. The lowest BCUT2D eigenvalue weighted by molar-refractivity contribution is -0.301. The van der Waals surface area contributed by atoms with Gasteiger partial charge in [0.25, 0.3) is 5.91 Å². The van der Waals surface area contributed by atoms with E-state index in [0.717, 1.165) is 56.2 Å². The summed E-state index contributed by atoms with van der Waals surface area (Å²) in [5, 5.41) is 3.52. The van der Waals surface area contributed by atoms with Crippen molar-refractivity contribution < 1.29 is 28.2 Å². The third-order valence-corrected chi connectivity index (χ3v) is 11.1. The number of hydrogen-bond donors (Lipinski definition) is 1. The maximum absolute atomic E-state index is 14.6. The molecule has 0 radical (unpaired) electrons. The average Bonchev–Trinajstić information content (AvgIpc) is 3.35. The van der Waals surface area contributed by atoms with Crippen molar-refractivity contribution in [1.29, 1.82) is 0 Å². The fourth-order valence-electron chi connectivity index (χ4n) is 9.20. The molecule has 1 N–H and O–H groups in total. The zero-order valence-electron chi connectivity index (χ0n) is 31.1. The van der Waals surface area contributed by atoms with E-state index in [1.807, 2.05) is 34.6 Å². The van der Waals surface area contributed by atoms with Gasteiger partial charge < -0.3 is 24.1 Å². The maximum Gasteiger partial charge on any atom is 0.308 e. The third-order valence-electron chi connectivity index (χ3n) is 11.1. The van der Waals surface area contributed by atoms with Gasteiger partial charge in [-0.3, -0.25) is 9.59 Å². The highest BCUT2D eigenvalue weighted by atomic mass is 19.1. The zero-order valence-corrected chi connectivity index (χ0v) is 31.1. The molecule has 2 atom stereocenters. The minimum atomic E-state index is -0.826. The van der Waals surface area contributed by atoms with Gasteiger partial charge in [0.05, 0.1) is 24.2 Å². The highest BCUT2D eigenvalue weighted by Gasteiger charge is 2.40. The molecule has 4 fully saturated rings. The molecule has 0 spiro atoms. The standard InChI is InChI=1S/C40H65FN2O5/c1-26(2)36-35(38(45)42-30-16-12-9-13-17-30)34(27-14-10-8-11-15-27)37(28-18-20-29(41)21-19-28)43(36)23-22-31-24-32(47-40(6,7)46-31)25-33(44)48-39(3,4)5/h26-32H,8-25H2,1-7H3,(H,42,45)/t28?,29?,31-,32-/m1/s1. The van der Waals surface area contributed by atoms with Crippen LogP contribution >= 0.6 is 0 Å². The minimum Gasteiger partial charge on any atom is -0.460 e. The van der Waals surface area contributed by atoms with Crippen LogP contribution in [0, 0.1) is 0 Å². The van der Waals surface area contributed by atoms with Crippen LogP contribution in [0.2, 0.25) is 0 Å². The molecule has 2 heterocycles. The van der Waals surface area contributed by atoms with E-state index in [-0.39, 0.29) is 48.4 Å². The molecule has 0 bridgehead atoms. The van der Waals surface area contributed by atoms with Gasteiger partial charge in [0.2, 0.25) is 0 Å². The van der Waals surface area contributed by atoms with Crippen molar-refractivity contribution in [2.45, 2.75) is 218 Å². The monoisotopic (exact) mass is 672 g/mol. The summed E-state index contributed by atoms with van der Waals surface area (Å²) in [6, 6.07) is 0.235. The smallest absolute Gasteiger partial charge is 0.308 e. The summed E-state index contributed by atoms with van der Waals surface area (Å²) in [6.07, 6.45) is 14.8. The lowest BCUT2D eigenvalue weighted by Gasteiger charge is -2.41. The predicted octanol–water partition coefficient (Wildman–Crippen LogP) is 9.75. The number of hydrogen-bond acceptors (Lipinski definition) is 5. The van der Waals surface area contributed by atoms with Crippen molar-refractivity contribution in [3.63, 3.8) is 0 Å². The van der Waals surface area contributed by atoms with Gasteiger partial charge in [0.15, 0.2) is 5.79 Å². The van der Waals surface area contributed by atoms with Crippen molar-refractivity contribution in [1.82, 2.24) is 9.88 Å². The molecule has 4 aliphatic rings. The van der Waals surface area contributed by atoms with Gasteiger partial charge in [-0.25, -0.2) is 4.39 Å². The molecule has 7 nitrogen and oxygen atoms in total. The average molecular weight is 673 g/mol. The molecule has 1 aliphatic heterocycles. The second-order valence-corrected chi connectivity index (χ2v) is 17.2. The Kier molecular flexibility index (Phi) is 12.4. The fraction of sp³-hybridized carbons (Fsp3) is 0.850. The Hall–Kier alpha value is -1.93. The Morgan fingerprint density at radius 2 is 1.50 bits per heavy atom. The molecule has 1 amide bonds. The van der Waals surface area contributed by atoms with Gasteiger partial charge in [-0.15, -0.1) is 0 Å². The molecule has 1 saturated heterocycles. The van der Waals surface area contributed by atoms with Crippen molar-refractivity contribution in [2.24, 2.45) is 0 Å². The van der Waals surface area contributed by atoms with Crippen molar-refractivity contribution >= 4 is 11.9 Å². The van der Waals surface area contributed by atoms with Crippen LogP contribution in [0.1, 0.15) is 203 Å². The van der Waals surface area contributed by atoms with Crippen molar-refractivity contribution in [3.05, 3.63) is 22.5 Å². The molecule has 3 aliphatic carbocycles. The van der Waals surface area contributed by atoms with Gasteiger partial charge in [-0.2, -0.15) is 0 Å². The number of halogens is 1. The minimum absolute atomic E-state index is 0.103. The molecule has 8 heteroatoms. The molecule has 1 aromatic rings. The van der Waals surface area contributed by atoms with E-state index >= 15 is 0 Å². The summed E-state index contributed by atoms with van der Waals surface area (Å²) in [6.45, 7) is 14.7. The Labute approximate surface area is 289 Å². The molecular weight excluding hydrogens is 607 g/mol. The number of aromatic nitrogens is 1. The second kappa shape index (κ2) is 16.0. The summed E-state index contributed by atoms with van der Waals surface area (Å²) < 4.78 is 35.4. The topological polar surface area (TPSA) is 78.8 Å². The number of esters is 1. The number of ether oxygens (including phenoxy) is 3. The first kappa shape index (κ1) is 37.3. The van der Waals surface area contributed by atoms with E-state index in [2.05, 4.69) is 23.7 Å². The van der Waals surface area contributed by atoms with E-state index in [9.17, 15) is 14.0 Å². The lowest BCUT2D eigenvalue weighted by atomic mass is 9.77. The van der Waals surface area contributed by atoms with Gasteiger partial charge in [0.1, 0.15) is 11.8 Å². The number of carbonyl (C=O) groups is 2. The van der Waals surface area contributed by atoms with E-state index in [1.165, 1.54) is 49.8 Å². The van der Waals surface area contributed by atoms with Crippen LogP contribution in [0.4, 0.5) is 4.39 Å². The van der Waals surface area contributed by atoms with Gasteiger partial charge in [0, 0.05) is 30.4 Å². The van der Waals surface area contributed by atoms with Crippen LogP contribution in [0.25, 0.3) is 0 Å². The Balaban J connectivity index is 1.50. The van der Waals surface area contributed by atoms with Crippen LogP contribution in [0.3, 0.4) is 0 Å². The van der Waals surface area contributed by atoms with E-state index in [1.54, 1.807) is 0 Å². The Morgan fingerprint density at radius 1 is 0.896 bits per heavy atom. The zero-order chi connectivity index (χ0) is 34.6. The maximum atomic E-state index is 14.6. The highest BCUT2D eigenvalue weighted by Crippen LogP contribution is 2.47. The predicted molar refractivity (Wildman–Crippen MR) is 188 cm³/mol. The molecule has 0 aromatic carbocycles. The summed E-state index contributed by atoms with van der Waals surface area (Å²) in [4.78, 5) is 27.3. The largest absolute Gasteiger partial charge is 0.460 e. The fourth-order valence-corrected chi connectivity index (χ4v) is 9.20.